The molecule has 1 aliphatic heterocycles. The quantitative estimate of drug-likeness (QED) is 0.703. The van der Waals surface area contributed by atoms with Crippen LogP contribution < -0.4 is 0 Å². The Labute approximate surface area is 94.2 Å². The molecule has 1 aromatic rings. The van der Waals surface area contributed by atoms with E-state index in [9.17, 15) is 4.79 Å². The van der Waals surface area contributed by atoms with E-state index in [4.69, 9.17) is 0 Å². The topological polar surface area (TPSA) is 20.3 Å². The van der Waals surface area contributed by atoms with Gasteiger partial charge in [0.25, 0.3) is 0 Å². The zero-order valence-electron chi connectivity index (χ0n) is 8.90. The Morgan fingerprint density at radius 2 is 2.60 bits per heavy atom. The normalized spacial score (nSPS) is 19.8. The van der Waals surface area contributed by atoms with Gasteiger partial charge in [-0.1, -0.05) is 13.5 Å². The molecule has 0 unspecified atom stereocenters. The zero-order valence-corrected chi connectivity index (χ0v) is 9.72. The summed E-state index contributed by atoms with van der Waals surface area (Å²) in [7, 11) is 0. The summed E-state index contributed by atoms with van der Waals surface area (Å²) in [6.45, 7) is 7.31. The van der Waals surface area contributed by atoms with Crippen LogP contribution in [0.4, 0.5) is 0 Å². The minimum atomic E-state index is 0.0466. The summed E-state index contributed by atoms with van der Waals surface area (Å²) in [4.78, 5) is 14.9. The van der Waals surface area contributed by atoms with Crippen molar-refractivity contribution in [3.8, 4) is 0 Å². The van der Waals surface area contributed by atoms with E-state index in [-0.39, 0.29) is 5.91 Å². The SMILES string of the molecule is C=CC(=O)N1Cc2ccsc2[C@H](CC)C1. The maximum absolute atomic E-state index is 11.6. The number of hydrogen-bond acceptors (Lipinski definition) is 2. The average Bonchev–Trinajstić information content (AvgIpc) is 2.74. The molecule has 2 nitrogen and oxygen atoms in total. The van der Waals surface area contributed by atoms with E-state index in [0.29, 0.717) is 5.92 Å². The minimum Gasteiger partial charge on any atom is -0.334 e. The zero-order chi connectivity index (χ0) is 10.8. The van der Waals surface area contributed by atoms with Crippen LogP contribution in [0.25, 0.3) is 0 Å². The molecule has 1 atom stereocenters. The van der Waals surface area contributed by atoms with Gasteiger partial charge in [0, 0.05) is 23.9 Å². The summed E-state index contributed by atoms with van der Waals surface area (Å²) < 4.78 is 0. The van der Waals surface area contributed by atoms with Crippen LogP contribution >= 0.6 is 11.3 Å². The third kappa shape index (κ3) is 1.84. The fourth-order valence-electron chi connectivity index (χ4n) is 2.07. The van der Waals surface area contributed by atoms with E-state index >= 15 is 0 Å². The highest BCUT2D eigenvalue weighted by molar-refractivity contribution is 7.10. The number of fused-ring (bicyclic) bond motifs is 1. The number of hydrogen-bond donors (Lipinski definition) is 0. The molecular weight excluding hydrogens is 206 g/mol. The summed E-state index contributed by atoms with van der Waals surface area (Å²) in [6.07, 6.45) is 2.50. The number of amides is 1. The van der Waals surface area contributed by atoms with Gasteiger partial charge in [-0.25, -0.2) is 0 Å². The number of rotatable bonds is 2. The molecule has 0 saturated heterocycles. The van der Waals surface area contributed by atoms with Crippen LogP contribution in [0.2, 0.25) is 0 Å². The van der Waals surface area contributed by atoms with E-state index in [1.807, 2.05) is 16.2 Å². The van der Waals surface area contributed by atoms with Crippen molar-refractivity contribution < 1.29 is 4.79 Å². The second kappa shape index (κ2) is 4.19. The maximum Gasteiger partial charge on any atom is 0.246 e. The lowest BCUT2D eigenvalue weighted by Gasteiger charge is -2.31. The fourth-order valence-corrected chi connectivity index (χ4v) is 3.16. The number of carbonyl (C=O) groups is 1. The largest absolute Gasteiger partial charge is 0.334 e. The summed E-state index contributed by atoms with van der Waals surface area (Å²) in [5, 5.41) is 2.12. The predicted octanol–water partition coefficient (Wildman–Crippen LogP) is 2.77. The van der Waals surface area contributed by atoms with Crippen molar-refractivity contribution in [3.05, 3.63) is 34.5 Å². The van der Waals surface area contributed by atoms with Crippen LogP contribution in [0.1, 0.15) is 29.7 Å². The molecule has 80 valence electrons. The first-order valence-electron chi connectivity index (χ1n) is 5.23. The molecule has 2 heterocycles. The standard InChI is InChI=1S/C12H15NOS/c1-3-9-7-13(11(14)4-2)8-10-5-6-15-12(9)10/h4-6,9H,2-3,7-8H2,1H3/t9-/m1/s1. The predicted molar refractivity (Wildman–Crippen MR) is 63.0 cm³/mol. The Balaban J connectivity index is 2.26. The molecule has 0 fully saturated rings. The molecule has 0 radical (unpaired) electrons. The fraction of sp³-hybridized carbons (Fsp3) is 0.417. The molecule has 0 spiro atoms. The van der Waals surface area contributed by atoms with Crippen molar-refractivity contribution >= 4 is 17.2 Å². The van der Waals surface area contributed by atoms with Gasteiger partial charge >= 0.3 is 0 Å². The summed E-state index contributed by atoms with van der Waals surface area (Å²) >= 11 is 1.82. The maximum atomic E-state index is 11.6. The Bertz CT molecular complexity index is 383. The van der Waals surface area contributed by atoms with Gasteiger partial charge in [0.05, 0.1) is 0 Å². The van der Waals surface area contributed by atoms with Crippen molar-refractivity contribution in [3.63, 3.8) is 0 Å². The van der Waals surface area contributed by atoms with E-state index in [0.717, 1.165) is 19.5 Å². The molecule has 0 aliphatic carbocycles. The van der Waals surface area contributed by atoms with Gasteiger partial charge in [-0.05, 0) is 29.5 Å². The molecule has 0 bridgehead atoms. The van der Waals surface area contributed by atoms with E-state index in [1.165, 1.54) is 16.5 Å². The first-order valence-corrected chi connectivity index (χ1v) is 6.11. The molecule has 1 aliphatic rings. The molecule has 15 heavy (non-hydrogen) atoms. The number of nitrogens with zero attached hydrogens (tertiary/aromatic N) is 1. The molecule has 0 aromatic carbocycles. The second-order valence-electron chi connectivity index (χ2n) is 3.84. The molecular formula is C12H15NOS. The van der Waals surface area contributed by atoms with Crippen LogP contribution in [0.3, 0.4) is 0 Å². The third-order valence-corrected chi connectivity index (χ3v) is 4.05. The van der Waals surface area contributed by atoms with Gasteiger partial charge in [-0.15, -0.1) is 11.3 Å². The van der Waals surface area contributed by atoms with Crippen LogP contribution in [-0.4, -0.2) is 17.4 Å². The lowest BCUT2D eigenvalue weighted by molar-refractivity contribution is -0.127. The molecule has 1 aromatic heterocycles. The van der Waals surface area contributed by atoms with Gasteiger partial charge in [0.15, 0.2) is 0 Å². The monoisotopic (exact) mass is 221 g/mol. The van der Waals surface area contributed by atoms with Crippen LogP contribution in [0.5, 0.6) is 0 Å². The first-order chi connectivity index (χ1) is 7.26. The second-order valence-corrected chi connectivity index (χ2v) is 4.79. The Morgan fingerprint density at radius 1 is 1.80 bits per heavy atom. The summed E-state index contributed by atoms with van der Waals surface area (Å²) in [6, 6.07) is 2.13. The molecule has 2 rings (SSSR count). The summed E-state index contributed by atoms with van der Waals surface area (Å²) in [5.74, 6) is 0.558. The van der Waals surface area contributed by atoms with Crippen molar-refractivity contribution in [1.29, 1.82) is 0 Å². The van der Waals surface area contributed by atoms with Crippen molar-refractivity contribution in [1.82, 2.24) is 4.90 Å². The van der Waals surface area contributed by atoms with E-state index < -0.39 is 0 Å². The molecule has 0 N–H and O–H groups in total. The van der Waals surface area contributed by atoms with Crippen molar-refractivity contribution in [2.45, 2.75) is 25.8 Å². The highest BCUT2D eigenvalue weighted by Gasteiger charge is 2.26. The average molecular weight is 221 g/mol. The van der Waals surface area contributed by atoms with Gasteiger partial charge < -0.3 is 4.90 Å². The molecule has 0 saturated carbocycles. The van der Waals surface area contributed by atoms with Gasteiger partial charge in [0.2, 0.25) is 5.91 Å². The molecule has 1 amide bonds. The van der Waals surface area contributed by atoms with Crippen LogP contribution in [0.15, 0.2) is 24.1 Å². The van der Waals surface area contributed by atoms with Crippen LogP contribution in [-0.2, 0) is 11.3 Å². The molecule has 3 heteroatoms. The van der Waals surface area contributed by atoms with Crippen molar-refractivity contribution in [2.24, 2.45) is 0 Å². The Kier molecular flexibility index (Phi) is 2.91. The van der Waals surface area contributed by atoms with Gasteiger partial charge in [-0.2, -0.15) is 0 Å². The number of carbonyl (C=O) groups excluding carboxylic acids is 1. The highest BCUT2D eigenvalue weighted by atomic mass is 32.1. The third-order valence-electron chi connectivity index (χ3n) is 2.93. The minimum absolute atomic E-state index is 0.0466. The first kappa shape index (κ1) is 10.4. The number of thiophene rings is 1. The smallest absolute Gasteiger partial charge is 0.246 e. The lowest BCUT2D eigenvalue weighted by Crippen LogP contribution is -2.36. The Morgan fingerprint density at radius 3 is 3.27 bits per heavy atom. The van der Waals surface area contributed by atoms with Gasteiger partial charge in [-0.3, -0.25) is 4.79 Å². The van der Waals surface area contributed by atoms with Crippen LogP contribution in [0, 0.1) is 0 Å². The summed E-state index contributed by atoms with van der Waals surface area (Å²) in [5.41, 5.74) is 1.31. The van der Waals surface area contributed by atoms with Gasteiger partial charge in [0.1, 0.15) is 0 Å². The Hall–Kier alpha value is -1.09. The van der Waals surface area contributed by atoms with E-state index in [2.05, 4.69) is 24.9 Å². The lowest BCUT2D eigenvalue weighted by atomic mass is 9.96. The van der Waals surface area contributed by atoms with Crippen molar-refractivity contribution in [2.75, 3.05) is 6.54 Å². The van der Waals surface area contributed by atoms with E-state index in [1.54, 1.807) is 0 Å². The highest BCUT2D eigenvalue weighted by Crippen LogP contribution is 2.34.